The molecule has 7 atom stereocenters. The molecule has 1 spiro atoms. The van der Waals surface area contributed by atoms with Gasteiger partial charge in [-0.2, -0.15) is 0 Å². The molecule has 1 saturated carbocycles. The molecule has 4 N–H and O–H groups in total. The van der Waals surface area contributed by atoms with Crippen LogP contribution in [0.25, 0.3) is 0 Å². The molecule has 9 heteroatoms. The van der Waals surface area contributed by atoms with Crippen LogP contribution in [-0.4, -0.2) is 72.0 Å². The summed E-state index contributed by atoms with van der Waals surface area (Å²) in [6.07, 6.45) is 2.47. The number of carbonyl (C=O) groups excluding carboxylic acids is 2. The predicted molar refractivity (Wildman–Crippen MR) is 112 cm³/mol. The number of nitrogens with one attached hydrogen (secondary N) is 1. The van der Waals surface area contributed by atoms with Crippen molar-refractivity contribution in [3.05, 3.63) is 11.6 Å². The van der Waals surface area contributed by atoms with Crippen molar-refractivity contribution >= 4 is 12.0 Å². The Morgan fingerprint density at radius 1 is 1.39 bits per heavy atom. The van der Waals surface area contributed by atoms with Crippen molar-refractivity contribution in [2.24, 2.45) is 11.7 Å². The quantitative estimate of drug-likeness (QED) is 0.383. The van der Waals surface area contributed by atoms with Crippen molar-refractivity contribution in [3.8, 4) is 0 Å². The molecule has 2 saturated heterocycles. The van der Waals surface area contributed by atoms with Crippen LogP contribution >= 0.6 is 0 Å². The summed E-state index contributed by atoms with van der Waals surface area (Å²) in [5.74, 6) is -0.950. The third-order valence-corrected chi connectivity index (χ3v) is 6.75. The van der Waals surface area contributed by atoms with Gasteiger partial charge in [-0.05, 0) is 53.9 Å². The Morgan fingerprint density at radius 2 is 2.03 bits per heavy atom. The number of epoxide rings is 2. The minimum absolute atomic E-state index is 0.0492. The van der Waals surface area contributed by atoms with Gasteiger partial charge in [-0.1, -0.05) is 11.6 Å². The molecule has 1 aliphatic carbocycles. The predicted octanol–water partition coefficient (Wildman–Crippen LogP) is 1.41. The number of methoxy groups -OCH3 is 1. The van der Waals surface area contributed by atoms with Crippen LogP contribution in [0.15, 0.2) is 11.6 Å². The molecule has 1 unspecified atom stereocenters. The third-order valence-electron chi connectivity index (χ3n) is 6.75. The zero-order valence-corrected chi connectivity index (χ0v) is 19.3. The van der Waals surface area contributed by atoms with Crippen molar-refractivity contribution < 1.29 is 33.6 Å². The highest BCUT2D eigenvalue weighted by Crippen LogP contribution is 2.59. The molecule has 0 radical (unpaired) electrons. The Bertz CT molecular complexity index is 739. The standard InChI is InChI=1S/C22H36N2O7/c1-12(2)7-8-14-21(5,31-14)16-15(28-6)13(9-10-22(16)11-29-22)30-19(26)24-17(18(23)25)20(3,4)27/h7,13-17,27H,8-11H2,1-6H3,(H2,23,25)(H,24,26)/t13-,14-,15-,16?,17+,21+,22+/m1/s1. The summed E-state index contributed by atoms with van der Waals surface area (Å²) in [4.78, 5) is 24.2. The van der Waals surface area contributed by atoms with Gasteiger partial charge < -0.3 is 35.1 Å². The molecular formula is C22H36N2O7. The number of amides is 2. The van der Waals surface area contributed by atoms with Gasteiger partial charge in [0.25, 0.3) is 0 Å². The van der Waals surface area contributed by atoms with E-state index >= 15 is 0 Å². The fourth-order valence-corrected chi connectivity index (χ4v) is 4.96. The van der Waals surface area contributed by atoms with Gasteiger partial charge in [0, 0.05) is 7.11 Å². The molecule has 3 fully saturated rings. The Hall–Kier alpha value is -1.68. The summed E-state index contributed by atoms with van der Waals surface area (Å²) >= 11 is 0. The monoisotopic (exact) mass is 440 g/mol. The molecule has 9 nitrogen and oxygen atoms in total. The summed E-state index contributed by atoms with van der Waals surface area (Å²) in [5.41, 5.74) is 4.26. The number of carbonyl (C=O) groups is 2. The van der Waals surface area contributed by atoms with Crippen LogP contribution in [0.3, 0.4) is 0 Å². The lowest BCUT2D eigenvalue weighted by atomic mass is 9.68. The number of alkyl carbamates (subject to hydrolysis) is 1. The van der Waals surface area contributed by atoms with Crippen molar-refractivity contribution in [2.45, 2.75) is 95.0 Å². The number of nitrogens with two attached hydrogens (primary N) is 1. The van der Waals surface area contributed by atoms with Crippen LogP contribution in [-0.2, 0) is 23.7 Å². The molecule has 2 heterocycles. The van der Waals surface area contributed by atoms with Crippen LogP contribution < -0.4 is 11.1 Å². The first-order chi connectivity index (χ1) is 14.3. The Morgan fingerprint density at radius 3 is 2.52 bits per heavy atom. The maximum Gasteiger partial charge on any atom is 0.408 e. The second-order valence-electron chi connectivity index (χ2n) is 9.95. The van der Waals surface area contributed by atoms with Crippen LogP contribution in [0.2, 0.25) is 0 Å². The smallest absolute Gasteiger partial charge is 0.408 e. The molecule has 0 aromatic carbocycles. The molecule has 0 bridgehead atoms. The largest absolute Gasteiger partial charge is 0.443 e. The third kappa shape index (κ3) is 4.89. The summed E-state index contributed by atoms with van der Waals surface area (Å²) in [5, 5.41) is 12.5. The summed E-state index contributed by atoms with van der Waals surface area (Å²) in [6.45, 7) is 9.59. The Kier molecular flexibility index (Phi) is 6.46. The number of allylic oxidation sites excluding steroid dienone is 1. The van der Waals surface area contributed by atoms with Crippen molar-refractivity contribution in [2.75, 3.05) is 13.7 Å². The zero-order valence-electron chi connectivity index (χ0n) is 19.3. The number of rotatable bonds is 8. The number of hydrogen-bond donors (Lipinski definition) is 3. The van der Waals surface area contributed by atoms with Crippen LogP contribution in [0.5, 0.6) is 0 Å². The number of aliphatic hydroxyl groups is 1. The van der Waals surface area contributed by atoms with Crippen molar-refractivity contribution in [1.82, 2.24) is 5.32 Å². The van der Waals surface area contributed by atoms with E-state index in [4.69, 9.17) is 24.7 Å². The normalized spacial score (nSPS) is 37.6. The lowest BCUT2D eigenvalue weighted by Crippen LogP contribution is -2.59. The van der Waals surface area contributed by atoms with Crippen molar-refractivity contribution in [1.29, 1.82) is 0 Å². The fourth-order valence-electron chi connectivity index (χ4n) is 4.96. The molecule has 176 valence electrons. The maximum atomic E-state index is 12.5. The molecule has 3 aliphatic rings. The number of hydrogen-bond acceptors (Lipinski definition) is 7. The molecule has 31 heavy (non-hydrogen) atoms. The molecule has 2 amide bonds. The van der Waals surface area contributed by atoms with Gasteiger partial charge in [-0.3, -0.25) is 4.79 Å². The van der Waals surface area contributed by atoms with E-state index in [1.165, 1.54) is 19.4 Å². The van der Waals surface area contributed by atoms with Crippen LogP contribution in [0.4, 0.5) is 4.79 Å². The van der Waals surface area contributed by atoms with Gasteiger partial charge in [0.2, 0.25) is 5.91 Å². The van der Waals surface area contributed by atoms with E-state index in [9.17, 15) is 14.7 Å². The van der Waals surface area contributed by atoms with Gasteiger partial charge in [-0.25, -0.2) is 4.79 Å². The summed E-state index contributed by atoms with van der Waals surface area (Å²) < 4.78 is 23.5. The minimum Gasteiger partial charge on any atom is -0.443 e. The number of primary amides is 1. The Balaban J connectivity index is 1.72. The van der Waals surface area contributed by atoms with Gasteiger partial charge in [0.1, 0.15) is 29.5 Å². The summed E-state index contributed by atoms with van der Waals surface area (Å²) in [7, 11) is 1.59. The highest BCUT2D eigenvalue weighted by atomic mass is 16.6. The average Bonchev–Trinajstić information content (AvgIpc) is 3.56. The fraction of sp³-hybridized carbons (Fsp3) is 0.818. The van der Waals surface area contributed by atoms with Gasteiger partial charge in [0.05, 0.1) is 24.2 Å². The van der Waals surface area contributed by atoms with E-state index in [-0.39, 0.29) is 17.6 Å². The summed E-state index contributed by atoms with van der Waals surface area (Å²) in [6, 6.07) is -1.28. The highest BCUT2D eigenvalue weighted by Gasteiger charge is 2.72. The first-order valence-corrected chi connectivity index (χ1v) is 10.8. The second kappa shape index (κ2) is 8.35. The molecular weight excluding hydrogens is 404 g/mol. The lowest BCUT2D eigenvalue weighted by Gasteiger charge is -2.42. The SMILES string of the molecule is CO[C@H]1C([C@@]2(C)O[C@@H]2CC=C(C)C)[C@]2(CC[C@H]1OC(=O)N[C@@H](C(N)=O)C(C)(C)O)CO2. The van der Waals surface area contributed by atoms with Gasteiger partial charge >= 0.3 is 6.09 Å². The first-order valence-electron chi connectivity index (χ1n) is 10.8. The molecule has 2 aliphatic heterocycles. The van der Waals surface area contributed by atoms with E-state index in [0.717, 1.165) is 6.42 Å². The van der Waals surface area contributed by atoms with E-state index in [2.05, 4.69) is 32.2 Å². The topological polar surface area (TPSA) is 136 Å². The molecule has 0 aromatic heterocycles. The van der Waals surface area contributed by atoms with Gasteiger partial charge in [-0.15, -0.1) is 0 Å². The molecule has 3 rings (SSSR count). The lowest BCUT2D eigenvalue weighted by molar-refractivity contribution is -0.127. The van der Waals surface area contributed by atoms with E-state index < -0.39 is 41.5 Å². The maximum absolute atomic E-state index is 12.5. The minimum atomic E-state index is -1.53. The van der Waals surface area contributed by atoms with E-state index in [1.54, 1.807) is 7.11 Å². The first kappa shape index (κ1) is 24.0. The van der Waals surface area contributed by atoms with Crippen LogP contribution in [0.1, 0.15) is 53.9 Å². The number of ether oxygens (including phenoxy) is 4. The van der Waals surface area contributed by atoms with Crippen molar-refractivity contribution in [3.63, 3.8) is 0 Å². The molecule has 0 aromatic rings. The van der Waals surface area contributed by atoms with Crippen LogP contribution in [0, 0.1) is 5.92 Å². The zero-order chi connectivity index (χ0) is 23.2. The van der Waals surface area contributed by atoms with E-state index in [1.807, 2.05) is 0 Å². The second-order valence-corrected chi connectivity index (χ2v) is 9.95. The Labute approximate surface area is 183 Å². The average molecular weight is 441 g/mol. The van der Waals surface area contributed by atoms with Gasteiger partial charge in [0.15, 0.2) is 0 Å². The highest BCUT2D eigenvalue weighted by molar-refractivity contribution is 5.85. The van der Waals surface area contributed by atoms with E-state index in [0.29, 0.717) is 19.4 Å².